The van der Waals surface area contributed by atoms with E-state index in [1.54, 1.807) is 19.4 Å². The quantitative estimate of drug-likeness (QED) is 0.738. The monoisotopic (exact) mass is 362 g/mol. The standard InChI is InChI=1S/C18H22N2O4S/c1-12-5-6-15(13(2)7-12)8-19(4)16(21)10-24-17(22)9-20-14(3)11-25-18(20)23/h5-7,11H,8-10H2,1-4H3. The molecule has 2 aromatic rings. The smallest absolute Gasteiger partial charge is 0.326 e. The highest BCUT2D eigenvalue weighted by Crippen LogP contribution is 2.12. The van der Waals surface area contributed by atoms with E-state index < -0.39 is 5.97 Å². The van der Waals surface area contributed by atoms with Gasteiger partial charge in [0.25, 0.3) is 5.91 Å². The number of nitrogens with zero attached hydrogens (tertiary/aromatic N) is 2. The number of carbonyl (C=O) groups excluding carboxylic acids is 2. The second-order valence-electron chi connectivity index (χ2n) is 6.07. The van der Waals surface area contributed by atoms with Gasteiger partial charge in [-0.2, -0.15) is 0 Å². The minimum Gasteiger partial charge on any atom is -0.454 e. The van der Waals surface area contributed by atoms with E-state index in [1.165, 1.54) is 15.0 Å². The van der Waals surface area contributed by atoms with Crippen molar-refractivity contribution in [1.29, 1.82) is 0 Å². The van der Waals surface area contributed by atoms with E-state index in [-0.39, 0.29) is 23.9 Å². The topological polar surface area (TPSA) is 68.6 Å². The first-order valence-electron chi connectivity index (χ1n) is 7.88. The van der Waals surface area contributed by atoms with Crippen LogP contribution in [0.4, 0.5) is 0 Å². The number of rotatable bonds is 6. The molecule has 2 rings (SSSR count). The first kappa shape index (κ1) is 18.9. The van der Waals surface area contributed by atoms with Crippen molar-refractivity contribution in [2.75, 3.05) is 13.7 Å². The third-order valence-electron chi connectivity index (χ3n) is 3.95. The predicted octanol–water partition coefficient (Wildman–Crippen LogP) is 2.04. The van der Waals surface area contributed by atoms with Gasteiger partial charge in [-0.1, -0.05) is 35.1 Å². The number of ether oxygens (including phenoxy) is 1. The summed E-state index contributed by atoms with van der Waals surface area (Å²) in [6.07, 6.45) is 0. The minimum atomic E-state index is -0.600. The summed E-state index contributed by atoms with van der Waals surface area (Å²) in [6, 6.07) is 6.06. The lowest BCUT2D eigenvalue weighted by atomic mass is 10.1. The average Bonchev–Trinajstić information content (AvgIpc) is 2.87. The molecule has 134 valence electrons. The summed E-state index contributed by atoms with van der Waals surface area (Å²) in [6.45, 7) is 5.70. The highest BCUT2D eigenvalue weighted by Gasteiger charge is 2.15. The van der Waals surface area contributed by atoms with E-state index in [2.05, 4.69) is 6.07 Å². The Bertz CT molecular complexity index is 838. The first-order valence-corrected chi connectivity index (χ1v) is 8.76. The van der Waals surface area contributed by atoms with Crippen molar-refractivity contribution in [3.8, 4) is 0 Å². The van der Waals surface area contributed by atoms with Gasteiger partial charge in [-0.25, -0.2) is 0 Å². The Hall–Kier alpha value is -2.41. The van der Waals surface area contributed by atoms with Crippen LogP contribution in [0.1, 0.15) is 22.4 Å². The molecule has 0 aliphatic heterocycles. The SMILES string of the molecule is Cc1ccc(CN(C)C(=O)COC(=O)Cn2c(C)csc2=O)c(C)c1. The third-order valence-corrected chi connectivity index (χ3v) is 4.83. The molecule has 0 saturated heterocycles. The van der Waals surface area contributed by atoms with Crippen LogP contribution < -0.4 is 4.87 Å². The Morgan fingerprint density at radius 1 is 1.24 bits per heavy atom. The van der Waals surface area contributed by atoms with Gasteiger partial charge in [0.1, 0.15) is 6.54 Å². The molecule has 0 unspecified atom stereocenters. The van der Waals surface area contributed by atoms with Crippen LogP contribution in [0.25, 0.3) is 0 Å². The van der Waals surface area contributed by atoms with E-state index in [0.717, 1.165) is 22.5 Å². The number of hydrogen-bond acceptors (Lipinski definition) is 5. The van der Waals surface area contributed by atoms with Gasteiger partial charge in [-0.3, -0.25) is 19.0 Å². The van der Waals surface area contributed by atoms with E-state index >= 15 is 0 Å². The number of thiazole rings is 1. The summed E-state index contributed by atoms with van der Waals surface area (Å²) in [5.41, 5.74) is 4.03. The van der Waals surface area contributed by atoms with E-state index in [1.807, 2.05) is 26.0 Å². The number of benzene rings is 1. The number of aryl methyl sites for hydroxylation is 3. The largest absolute Gasteiger partial charge is 0.454 e. The summed E-state index contributed by atoms with van der Waals surface area (Å²) < 4.78 is 6.34. The predicted molar refractivity (Wildman–Crippen MR) is 96.7 cm³/mol. The van der Waals surface area contributed by atoms with Crippen molar-refractivity contribution in [3.05, 3.63) is 55.6 Å². The number of esters is 1. The van der Waals surface area contributed by atoms with Crippen molar-refractivity contribution in [3.63, 3.8) is 0 Å². The summed E-state index contributed by atoms with van der Waals surface area (Å²) in [5.74, 6) is -0.889. The fraction of sp³-hybridized carbons (Fsp3) is 0.389. The van der Waals surface area contributed by atoms with Crippen molar-refractivity contribution in [2.45, 2.75) is 33.9 Å². The Morgan fingerprint density at radius 2 is 1.96 bits per heavy atom. The summed E-state index contributed by atoms with van der Waals surface area (Å²) in [5, 5.41) is 1.68. The molecule has 0 spiro atoms. The fourth-order valence-corrected chi connectivity index (χ4v) is 3.12. The number of carbonyl (C=O) groups is 2. The van der Waals surface area contributed by atoms with Gasteiger partial charge in [0.05, 0.1) is 0 Å². The molecule has 0 aliphatic rings. The zero-order valence-corrected chi connectivity index (χ0v) is 15.7. The maximum absolute atomic E-state index is 12.1. The van der Waals surface area contributed by atoms with Gasteiger partial charge >= 0.3 is 10.8 Å². The number of aromatic nitrogens is 1. The van der Waals surface area contributed by atoms with Crippen LogP contribution in [0.5, 0.6) is 0 Å². The molecule has 0 aliphatic carbocycles. The molecule has 7 heteroatoms. The molecule has 1 heterocycles. The van der Waals surface area contributed by atoms with E-state index in [0.29, 0.717) is 12.2 Å². The summed E-state index contributed by atoms with van der Waals surface area (Å²) in [4.78, 5) is 36.9. The van der Waals surface area contributed by atoms with E-state index in [4.69, 9.17) is 4.74 Å². The summed E-state index contributed by atoms with van der Waals surface area (Å²) >= 11 is 1.03. The molecule has 0 radical (unpaired) electrons. The van der Waals surface area contributed by atoms with Crippen molar-refractivity contribution >= 4 is 23.2 Å². The van der Waals surface area contributed by atoms with Crippen LogP contribution in [0.2, 0.25) is 0 Å². The van der Waals surface area contributed by atoms with Crippen molar-refractivity contribution < 1.29 is 14.3 Å². The zero-order valence-electron chi connectivity index (χ0n) is 14.9. The number of amides is 1. The maximum Gasteiger partial charge on any atom is 0.326 e. The normalized spacial score (nSPS) is 10.6. The molecule has 0 saturated carbocycles. The molecular weight excluding hydrogens is 340 g/mol. The molecule has 1 aromatic carbocycles. The lowest BCUT2D eigenvalue weighted by Crippen LogP contribution is -2.32. The second-order valence-corrected chi connectivity index (χ2v) is 6.89. The van der Waals surface area contributed by atoms with Crippen LogP contribution in [0.15, 0.2) is 28.4 Å². The van der Waals surface area contributed by atoms with Crippen LogP contribution in [0, 0.1) is 20.8 Å². The van der Waals surface area contributed by atoms with Crippen LogP contribution in [0.3, 0.4) is 0 Å². The van der Waals surface area contributed by atoms with Crippen LogP contribution in [-0.2, 0) is 27.4 Å². The second kappa shape index (κ2) is 8.11. The van der Waals surface area contributed by atoms with Crippen LogP contribution in [-0.4, -0.2) is 35.0 Å². The van der Waals surface area contributed by atoms with Gasteiger partial charge in [0.15, 0.2) is 6.61 Å². The van der Waals surface area contributed by atoms with E-state index in [9.17, 15) is 14.4 Å². The first-order chi connectivity index (χ1) is 11.8. The molecule has 0 atom stereocenters. The van der Waals surface area contributed by atoms with Crippen molar-refractivity contribution in [2.24, 2.45) is 0 Å². The highest BCUT2D eigenvalue weighted by molar-refractivity contribution is 7.07. The summed E-state index contributed by atoms with van der Waals surface area (Å²) in [7, 11) is 1.67. The van der Waals surface area contributed by atoms with Crippen LogP contribution >= 0.6 is 11.3 Å². The molecule has 1 aromatic heterocycles. The highest BCUT2D eigenvalue weighted by atomic mass is 32.1. The third kappa shape index (κ3) is 5.03. The molecule has 1 amide bonds. The Balaban J connectivity index is 1.86. The molecule has 6 nitrogen and oxygen atoms in total. The van der Waals surface area contributed by atoms with Gasteiger partial charge in [-0.15, -0.1) is 0 Å². The van der Waals surface area contributed by atoms with Gasteiger partial charge in [0, 0.05) is 24.7 Å². The number of hydrogen-bond donors (Lipinski definition) is 0. The fourth-order valence-electron chi connectivity index (χ4n) is 2.39. The van der Waals surface area contributed by atoms with Crippen molar-refractivity contribution in [1.82, 2.24) is 9.47 Å². The maximum atomic E-state index is 12.1. The lowest BCUT2D eigenvalue weighted by molar-refractivity contribution is -0.152. The minimum absolute atomic E-state index is 0.178. The van der Waals surface area contributed by atoms with Gasteiger partial charge in [-0.05, 0) is 31.9 Å². The number of likely N-dealkylation sites (N-methyl/N-ethyl adjacent to an activating group) is 1. The lowest BCUT2D eigenvalue weighted by Gasteiger charge is -2.18. The van der Waals surface area contributed by atoms with Gasteiger partial charge < -0.3 is 9.64 Å². The van der Waals surface area contributed by atoms with Gasteiger partial charge in [0.2, 0.25) is 0 Å². The Labute approximate surface area is 150 Å². The average molecular weight is 362 g/mol. The molecule has 0 bridgehead atoms. The zero-order chi connectivity index (χ0) is 18.6. The Kier molecular flexibility index (Phi) is 6.14. The molecule has 0 fully saturated rings. The molecule has 0 N–H and O–H groups in total. The Morgan fingerprint density at radius 3 is 2.56 bits per heavy atom. The molecule has 25 heavy (non-hydrogen) atoms. The molecular formula is C18H22N2O4S.